The Morgan fingerprint density at radius 3 is 2.50 bits per heavy atom. The molecule has 0 radical (unpaired) electrons. The van der Waals surface area contributed by atoms with Crippen LogP contribution in [0, 0.1) is 0 Å². The van der Waals surface area contributed by atoms with Gasteiger partial charge in [-0.1, -0.05) is 12.1 Å². The van der Waals surface area contributed by atoms with Crippen molar-refractivity contribution in [3.8, 4) is 0 Å². The smallest absolute Gasteiger partial charge is 0.348 e. The number of hydrogen-bond donors (Lipinski definition) is 1. The van der Waals surface area contributed by atoms with Crippen LogP contribution >= 0.6 is 27.3 Å². The maximum absolute atomic E-state index is 11.9. The van der Waals surface area contributed by atoms with E-state index in [4.69, 9.17) is 9.47 Å². The highest BCUT2D eigenvalue weighted by atomic mass is 79.9. The van der Waals surface area contributed by atoms with Gasteiger partial charge in [0, 0.05) is 0 Å². The molecule has 0 aliphatic carbocycles. The Hall–Kier alpha value is -2.19. The monoisotopic (exact) mass is 411 g/mol. The van der Waals surface area contributed by atoms with E-state index in [9.17, 15) is 14.4 Å². The van der Waals surface area contributed by atoms with Gasteiger partial charge in [0.2, 0.25) is 0 Å². The highest BCUT2D eigenvalue weighted by Crippen LogP contribution is 2.22. The number of carbonyl (C=O) groups is 3. The third kappa shape index (κ3) is 4.90. The molecule has 0 spiro atoms. The lowest BCUT2D eigenvalue weighted by molar-refractivity contribution is -0.119. The molecule has 0 fully saturated rings. The van der Waals surface area contributed by atoms with E-state index >= 15 is 0 Å². The minimum absolute atomic E-state index is 0.231. The van der Waals surface area contributed by atoms with Crippen molar-refractivity contribution in [1.29, 1.82) is 0 Å². The highest BCUT2D eigenvalue weighted by Gasteiger charge is 2.16. The molecule has 0 aliphatic rings. The van der Waals surface area contributed by atoms with Gasteiger partial charge >= 0.3 is 11.9 Å². The summed E-state index contributed by atoms with van der Waals surface area (Å²) in [6, 6.07) is 9.78. The van der Waals surface area contributed by atoms with Gasteiger partial charge in [-0.25, -0.2) is 9.59 Å². The second-order valence-electron chi connectivity index (χ2n) is 4.49. The zero-order valence-electron chi connectivity index (χ0n) is 12.7. The Kier molecular flexibility index (Phi) is 6.51. The maximum atomic E-state index is 11.9. The summed E-state index contributed by atoms with van der Waals surface area (Å²) in [5, 5.41) is 2.54. The van der Waals surface area contributed by atoms with Crippen LogP contribution in [0.4, 0.5) is 5.69 Å². The Bertz CT molecular complexity index is 758. The molecule has 8 heteroatoms. The summed E-state index contributed by atoms with van der Waals surface area (Å²) in [6.07, 6.45) is 0. The zero-order chi connectivity index (χ0) is 17.5. The van der Waals surface area contributed by atoms with Gasteiger partial charge < -0.3 is 14.8 Å². The van der Waals surface area contributed by atoms with Crippen molar-refractivity contribution in [2.45, 2.75) is 6.92 Å². The number of para-hydroxylation sites is 1. The number of halogens is 1. The Labute approximate surface area is 150 Å². The van der Waals surface area contributed by atoms with Gasteiger partial charge in [-0.2, -0.15) is 0 Å². The van der Waals surface area contributed by atoms with Crippen molar-refractivity contribution >= 4 is 50.8 Å². The summed E-state index contributed by atoms with van der Waals surface area (Å²) in [7, 11) is 0. The third-order valence-corrected chi connectivity index (χ3v) is 4.41. The quantitative estimate of drug-likeness (QED) is 0.735. The molecule has 1 amide bonds. The van der Waals surface area contributed by atoms with Crippen LogP contribution in [-0.4, -0.2) is 31.1 Å². The van der Waals surface area contributed by atoms with Crippen molar-refractivity contribution in [2.75, 3.05) is 18.5 Å². The van der Waals surface area contributed by atoms with Crippen molar-refractivity contribution in [3.63, 3.8) is 0 Å². The zero-order valence-corrected chi connectivity index (χ0v) is 15.1. The number of rotatable bonds is 6. The summed E-state index contributed by atoms with van der Waals surface area (Å²) >= 11 is 4.46. The fourth-order valence-corrected chi connectivity index (χ4v) is 3.07. The molecule has 1 aromatic heterocycles. The Balaban J connectivity index is 1.95. The van der Waals surface area contributed by atoms with Gasteiger partial charge in [0.25, 0.3) is 5.91 Å². The Morgan fingerprint density at radius 2 is 1.83 bits per heavy atom. The molecule has 2 aromatic rings. The van der Waals surface area contributed by atoms with Crippen LogP contribution in [-0.2, 0) is 14.3 Å². The largest absolute Gasteiger partial charge is 0.462 e. The van der Waals surface area contributed by atoms with Gasteiger partial charge in [0.05, 0.1) is 21.6 Å². The number of amides is 1. The standard InChI is InChI=1S/C16H14BrNO5S/c1-2-22-15(20)10-5-3-4-6-11(10)18-14(19)9-23-16(21)12-7-8-13(17)24-12/h3-8H,2,9H2,1H3,(H,18,19). The number of anilines is 1. The van der Waals surface area contributed by atoms with Crippen LogP contribution in [0.3, 0.4) is 0 Å². The van der Waals surface area contributed by atoms with Gasteiger partial charge in [-0.05, 0) is 47.1 Å². The number of esters is 2. The molecule has 6 nitrogen and oxygen atoms in total. The van der Waals surface area contributed by atoms with E-state index in [0.717, 1.165) is 3.79 Å². The molecule has 126 valence electrons. The fourth-order valence-electron chi connectivity index (χ4n) is 1.79. The molecule has 0 saturated carbocycles. The average molecular weight is 412 g/mol. The second-order valence-corrected chi connectivity index (χ2v) is 6.96. The SMILES string of the molecule is CCOC(=O)c1ccccc1NC(=O)COC(=O)c1ccc(Br)s1. The molecular weight excluding hydrogens is 398 g/mol. The summed E-state index contributed by atoms with van der Waals surface area (Å²) in [5.74, 6) is -1.66. The first-order valence-electron chi connectivity index (χ1n) is 6.99. The van der Waals surface area contributed by atoms with E-state index in [1.54, 1.807) is 43.3 Å². The van der Waals surface area contributed by atoms with Gasteiger partial charge in [0.15, 0.2) is 6.61 Å². The molecule has 0 unspecified atom stereocenters. The maximum Gasteiger partial charge on any atom is 0.348 e. The van der Waals surface area contributed by atoms with E-state index in [1.807, 2.05) is 0 Å². The lowest BCUT2D eigenvalue weighted by Gasteiger charge is -2.10. The molecule has 0 saturated heterocycles. The van der Waals surface area contributed by atoms with Crippen molar-refractivity contribution in [1.82, 2.24) is 0 Å². The lowest BCUT2D eigenvalue weighted by atomic mass is 10.2. The van der Waals surface area contributed by atoms with E-state index in [1.165, 1.54) is 11.3 Å². The molecule has 0 atom stereocenters. The number of thiophene rings is 1. The van der Waals surface area contributed by atoms with Crippen molar-refractivity contribution in [3.05, 3.63) is 50.6 Å². The normalized spacial score (nSPS) is 10.1. The summed E-state index contributed by atoms with van der Waals surface area (Å²) in [5.41, 5.74) is 0.539. The number of benzene rings is 1. The summed E-state index contributed by atoms with van der Waals surface area (Å²) in [4.78, 5) is 36.0. The highest BCUT2D eigenvalue weighted by molar-refractivity contribution is 9.11. The minimum atomic E-state index is -0.584. The van der Waals surface area contributed by atoms with Crippen molar-refractivity contribution < 1.29 is 23.9 Å². The minimum Gasteiger partial charge on any atom is -0.462 e. The van der Waals surface area contributed by atoms with Crippen molar-refractivity contribution in [2.24, 2.45) is 0 Å². The first-order chi connectivity index (χ1) is 11.5. The number of hydrogen-bond acceptors (Lipinski definition) is 6. The van der Waals surface area contributed by atoms with Gasteiger partial charge in [-0.3, -0.25) is 4.79 Å². The molecular formula is C16H14BrNO5S. The first-order valence-corrected chi connectivity index (χ1v) is 8.60. The molecule has 1 aromatic carbocycles. The number of carbonyl (C=O) groups excluding carboxylic acids is 3. The second kappa shape index (κ2) is 8.60. The fraction of sp³-hybridized carbons (Fsp3) is 0.188. The van der Waals surface area contributed by atoms with Crippen LogP contribution in [0.2, 0.25) is 0 Å². The topological polar surface area (TPSA) is 81.7 Å². The predicted octanol–water partition coefficient (Wildman–Crippen LogP) is 3.48. The average Bonchev–Trinajstić information content (AvgIpc) is 3.00. The molecule has 2 rings (SSSR count). The summed E-state index contributed by atoms with van der Waals surface area (Å²) < 4.78 is 10.7. The van der Waals surface area contributed by atoms with E-state index in [2.05, 4.69) is 21.2 Å². The van der Waals surface area contributed by atoms with E-state index in [-0.39, 0.29) is 12.2 Å². The predicted molar refractivity (Wildman–Crippen MR) is 93.3 cm³/mol. The van der Waals surface area contributed by atoms with Gasteiger partial charge in [0.1, 0.15) is 4.88 Å². The van der Waals surface area contributed by atoms with Gasteiger partial charge in [-0.15, -0.1) is 11.3 Å². The van der Waals surface area contributed by atoms with E-state index < -0.39 is 24.5 Å². The Morgan fingerprint density at radius 1 is 1.08 bits per heavy atom. The molecule has 0 aliphatic heterocycles. The lowest BCUT2D eigenvalue weighted by Crippen LogP contribution is -2.22. The van der Waals surface area contributed by atoms with Crippen LogP contribution in [0.25, 0.3) is 0 Å². The van der Waals surface area contributed by atoms with Crippen LogP contribution < -0.4 is 5.32 Å². The number of nitrogens with one attached hydrogen (secondary N) is 1. The third-order valence-electron chi connectivity index (χ3n) is 2.81. The molecule has 0 bridgehead atoms. The first kappa shape index (κ1) is 18.2. The van der Waals surface area contributed by atoms with E-state index in [0.29, 0.717) is 10.6 Å². The van der Waals surface area contributed by atoms with Crippen LogP contribution in [0.1, 0.15) is 27.0 Å². The molecule has 24 heavy (non-hydrogen) atoms. The van der Waals surface area contributed by atoms with Crippen LogP contribution in [0.5, 0.6) is 0 Å². The summed E-state index contributed by atoms with van der Waals surface area (Å²) in [6.45, 7) is 1.47. The number of ether oxygens (including phenoxy) is 2. The molecule has 1 N–H and O–H groups in total. The van der Waals surface area contributed by atoms with Crippen LogP contribution in [0.15, 0.2) is 40.2 Å². The molecule has 1 heterocycles.